The molecule has 0 aliphatic carbocycles. The van der Waals surface area contributed by atoms with Gasteiger partial charge in [0.2, 0.25) is 0 Å². The van der Waals surface area contributed by atoms with Gasteiger partial charge in [0, 0.05) is 17.8 Å². The molecule has 0 fully saturated rings. The number of aryl methyl sites for hydroxylation is 1. The van der Waals surface area contributed by atoms with Crippen LogP contribution in [-0.4, -0.2) is 27.6 Å². The third kappa shape index (κ3) is 3.20. The summed E-state index contributed by atoms with van der Waals surface area (Å²) >= 11 is 1.57. The Hall–Kier alpha value is -1.69. The predicted octanol–water partition coefficient (Wildman–Crippen LogP) is 2.69. The van der Waals surface area contributed by atoms with Crippen molar-refractivity contribution in [2.45, 2.75) is 32.7 Å². The molecule has 0 N–H and O–H groups in total. The van der Waals surface area contributed by atoms with Gasteiger partial charge in [0.25, 0.3) is 0 Å². The molecule has 0 atom stereocenters. The fourth-order valence-electron chi connectivity index (χ4n) is 1.75. The molecule has 0 saturated heterocycles. The standard InChI is InChI=1S/C13H17N3O2S/c1-9(2)16-8-14-6-11(16)13-15-10(7-19-13)4-5-12(17)18-3/h6-9H,4-5H2,1-3H3. The number of imidazole rings is 1. The van der Waals surface area contributed by atoms with E-state index in [2.05, 4.69) is 33.1 Å². The Bertz CT molecular complexity index is 560. The van der Waals surface area contributed by atoms with Gasteiger partial charge in [0.05, 0.1) is 37.4 Å². The fraction of sp³-hybridized carbons (Fsp3) is 0.462. The molecule has 0 aromatic carbocycles. The van der Waals surface area contributed by atoms with E-state index in [9.17, 15) is 4.79 Å². The summed E-state index contributed by atoms with van der Waals surface area (Å²) in [7, 11) is 1.40. The highest BCUT2D eigenvalue weighted by atomic mass is 32.1. The van der Waals surface area contributed by atoms with E-state index in [1.807, 2.05) is 17.9 Å². The lowest BCUT2D eigenvalue weighted by Gasteiger charge is -2.09. The lowest BCUT2D eigenvalue weighted by Crippen LogP contribution is -2.02. The van der Waals surface area contributed by atoms with Gasteiger partial charge in [-0.05, 0) is 13.8 Å². The number of carbonyl (C=O) groups excluding carboxylic acids is 1. The van der Waals surface area contributed by atoms with Crippen molar-refractivity contribution in [1.82, 2.24) is 14.5 Å². The second-order valence-corrected chi connectivity index (χ2v) is 5.36. The van der Waals surface area contributed by atoms with Crippen LogP contribution < -0.4 is 0 Å². The number of hydrogen-bond donors (Lipinski definition) is 0. The Morgan fingerprint density at radius 3 is 3.00 bits per heavy atom. The molecular formula is C13H17N3O2S. The smallest absolute Gasteiger partial charge is 0.305 e. The quantitative estimate of drug-likeness (QED) is 0.790. The number of aromatic nitrogens is 3. The normalized spacial score (nSPS) is 10.9. The molecule has 2 rings (SSSR count). The van der Waals surface area contributed by atoms with Crippen LogP contribution in [0.5, 0.6) is 0 Å². The van der Waals surface area contributed by atoms with Crippen LogP contribution in [0.4, 0.5) is 0 Å². The lowest BCUT2D eigenvalue weighted by atomic mass is 10.2. The molecule has 0 radical (unpaired) electrons. The summed E-state index contributed by atoms with van der Waals surface area (Å²) in [5.41, 5.74) is 1.94. The number of esters is 1. The number of hydrogen-bond acceptors (Lipinski definition) is 5. The zero-order chi connectivity index (χ0) is 13.8. The molecule has 19 heavy (non-hydrogen) atoms. The molecule has 5 nitrogen and oxygen atoms in total. The molecule has 2 aromatic heterocycles. The minimum atomic E-state index is -0.207. The summed E-state index contributed by atoms with van der Waals surface area (Å²) in [5, 5.41) is 2.92. The maximum absolute atomic E-state index is 11.1. The minimum absolute atomic E-state index is 0.207. The molecule has 0 saturated carbocycles. The third-order valence-electron chi connectivity index (χ3n) is 2.81. The fourth-order valence-corrected chi connectivity index (χ4v) is 2.62. The highest BCUT2D eigenvalue weighted by Gasteiger charge is 2.12. The first kappa shape index (κ1) is 13.7. The van der Waals surface area contributed by atoms with Gasteiger partial charge in [-0.3, -0.25) is 4.79 Å². The van der Waals surface area contributed by atoms with Crippen LogP contribution >= 0.6 is 11.3 Å². The predicted molar refractivity (Wildman–Crippen MR) is 74.1 cm³/mol. The second-order valence-electron chi connectivity index (χ2n) is 4.50. The van der Waals surface area contributed by atoms with Crippen LogP contribution in [0, 0.1) is 0 Å². The Balaban J connectivity index is 2.12. The molecule has 102 valence electrons. The SMILES string of the molecule is COC(=O)CCc1csc(-c2cncn2C(C)C)n1. The molecule has 0 bridgehead atoms. The van der Waals surface area contributed by atoms with Crippen molar-refractivity contribution in [1.29, 1.82) is 0 Å². The van der Waals surface area contributed by atoms with Crippen LogP contribution in [-0.2, 0) is 16.0 Å². The average Bonchev–Trinajstić information content (AvgIpc) is 3.03. The monoisotopic (exact) mass is 279 g/mol. The van der Waals surface area contributed by atoms with Crippen molar-refractivity contribution < 1.29 is 9.53 Å². The van der Waals surface area contributed by atoms with Gasteiger partial charge in [-0.1, -0.05) is 0 Å². The summed E-state index contributed by atoms with van der Waals surface area (Å²) in [6, 6.07) is 0.347. The molecule has 6 heteroatoms. The summed E-state index contributed by atoms with van der Waals surface area (Å²) in [6.45, 7) is 4.22. The highest BCUT2D eigenvalue weighted by molar-refractivity contribution is 7.13. The van der Waals surface area contributed by atoms with Gasteiger partial charge in [-0.2, -0.15) is 0 Å². The number of carbonyl (C=O) groups is 1. The molecule has 2 aromatic rings. The van der Waals surface area contributed by atoms with Crippen molar-refractivity contribution in [3.63, 3.8) is 0 Å². The van der Waals surface area contributed by atoms with Crippen LogP contribution in [0.25, 0.3) is 10.7 Å². The van der Waals surface area contributed by atoms with Gasteiger partial charge >= 0.3 is 5.97 Å². The van der Waals surface area contributed by atoms with E-state index in [-0.39, 0.29) is 5.97 Å². The van der Waals surface area contributed by atoms with Gasteiger partial charge < -0.3 is 9.30 Å². The van der Waals surface area contributed by atoms with Crippen molar-refractivity contribution in [3.8, 4) is 10.7 Å². The van der Waals surface area contributed by atoms with Crippen molar-refractivity contribution >= 4 is 17.3 Å². The van der Waals surface area contributed by atoms with Gasteiger partial charge in [-0.25, -0.2) is 9.97 Å². The van der Waals surface area contributed by atoms with E-state index in [1.54, 1.807) is 11.3 Å². The van der Waals surface area contributed by atoms with E-state index < -0.39 is 0 Å². The Morgan fingerprint density at radius 1 is 1.53 bits per heavy atom. The number of nitrogens with zero attached hydrogens (tertiary/aromatic N) is 3. The topological polar surface area (TPSA) is 57.0 Å². The Morgan fingerprint density at radius 2 is 2.32 bits per heavy atom. The third-order valence-corrected chi connectivity index (χ3v) is 3.72. The van der Waals surface area contributed by atoms with Gasteiger partial charge in [0.1, 0.15) is 5.01 Å². The Kier molecular flexibility index (Phi) is 4.31. The van der Waals surface area contributed by atoms with Gasteiger partial charge in [0.15, 0.2) is 0 Å². The number of ether oxygens (including phenoxy) is 1. The zero-order valence-electron chi connectivity index (χ0n) is 11.3. The first-order chi connectivity index (χ1) is 9.11. The second kappa shape index (κ2) is 5.97. The number of rotatable bonds is 5. The lowest BCUT2D eigenvalue weighted by molar-refractivity contribution is -0.140. The molecule has 2 heterocycles. The molecular weight excluding hydrogens is 262 g/mol. The number of methoxy groups -OCH3 is 1. The van der Waals surface area contributed by atoms with E-state index in [0.717, 1.165) is 16.4 Å². The maximum atomic E-state index is 11.1. The van der Waals surface area contributed by atoms with Crippen molar-refractivity contribution in [2.24, 2.45) is 0 Å². The van der Waals surface area contributed by atoms with Crippen LogP contribution in [0.15, 0.2) is 17.9 Å². The summed E-state index contributed by atoms with van der Waals surface area (Å²) in [5.74, 6) is -0.207. The van der Waals surface area contributed by atoms with Crippen LogP contribution in [0.3, 0.4) is 0 Å². The zero-order valence-corrected chi connectivity index (χ0v) is 12.1. The molecule has 0 unspecified atom stereocenters. The highest BCUT2D eigenvalue weighted by Crippen LogP contribution is 2.26. The summed E-state index contributed by atoms with van der Waals surface area (Å²) in [6.07, 6.45) is 4.61. The first-order valence-corrected chi connectivity index (χ1v) is 7.03. The number of thiazole rings is 1. The van der Waals surface area contributed by atoms with E-state index >= 15 is 0 Å². The summed E-state index contributed by atoms with van der Waals surface area (Å²) in [4.78, 5) is 19.8. The summed E-state index contributed by atoms with van der Waals surface area (Å²) < 4.78 is 6.71. The molecule has 0 aliphatic rings. The van der Waals surface area contributed by atoms with Gasteiger partial charge in [-0.15, -0.1) is 11.3 Å². The van der Waals surface area contributed by atoms with Crippen molar-refractivity contribution in [2.75, 3.05) is 7.11 Å². The first-order valence-electron chi connectivity index (χ1n) is 6.15. The molecule has 0 aliphatic heterocycles. The van der Waals surface area contributed by atoms with Crippen LogP contribution in [0.1, 0.15) is 32.0 Å². The van der Waals surface area contributed by atoms with E-state index in [1.165, 1.54) is 7.11 Å². The largest absolute Gasteiger partial charge is 0.469 e. The van der Waals surface area contributed by atoms with Crippen LogP contribution in [0.2, 0.25) is 0 Å². The maximum Gasteiger partial charge on any atom is 0.305 e. The van der Waals surface area contributed by atoms with E-state index in [0.29, 0.717) is 18.9 Å². The minimum Gasteiger partial charge on any atom is -0.469 e. The van der Waals surface area contributed by atoms with E-state index in [4.69, 9.17) is 0 Å². The Labute approximate surface area is 116 Å². The van der Waals surface area contributed by atoms with Crippen molar-refractivity contribution in [3.05, 3.63) is 23.6 Å². The molecule has 0 spiro atoms. The average molecular weight is 279 g/mol. The molecule has 0 amide bonds.